The summed E-state index contributed by atoms with van der Waals surface area (Å²) in [6, 6.07) is 14.1. The van der Waals surface area contributed by atoms with E-state index in [9.17, 15) is 0 Å². The fourth-order valence-corrected chi connectivity index (χ4v) is 6.91. The fraction of sp³-hybridized carbons (Fsp3) is 0.208. The summed E-state index contributed by atoms with van der Waals surface area (Å²) in [6.07, 6.45) is 2.23. The molecule has 0 amide bonds. The zero-order valence-corrected chi connectivity index (χ0v) is 18.7. The number of benzene rings is 2. The zero-order chi connectivity index (χ0) is 19.4. The third-order valence-electron chi connectivity index (χ3n) is 6.30. The number of pyridine rings is 2. The van der Waals surface area contributed by atoms with Crippen molar-refractivity contribution < 1.29 is 4.57 Å². The van der Waals surface area contributed by atoms with E-state index in [4.69, 9.17) is 0 Å². The second-order valence-corrected chi connectivity index (χ2v) is 15.1. The Kier molecular flexibility index (Phi) is 3.03. The van der Waals surface area contributed by atoms with Crippen molar-refractivity contribution in [3.8, 4) is 0 Å². The predicted molar refractivity (Wildman–Crippen MR) is 125 cm³/mol. The van der Waals surface area contributed by atoms with Gasteiger partial charge in [0.1, 0.15) is 7.05 Å². The molecular formula is C24H23N2SSi+. The van der Waals surface area contributed by atoms with E-state index >= 15 is 0 Å². The number of aryl methyl sites for hydroxylation is 2. The van der Waals surface area contributed by atoms with Crippen LogP contribution in [0.25, 0.3) is 48.3 Å². The summed E-state index contributed by atoms with van der Waals surface area (Å²) >= 11 is 1.86. The molecule has 0 saturated carbocycles. The lowest BCUT2D eigenvalue weighted by Gasteiger charge is -2.20. The largest absolute Gasteiger partial charge is 0.307 e. The van der Waals surface area contributed by atoms with Crippen LogP contribution in [0.3, 0.4) is 0 Å². The van der Waals surface area contributed by atoms with Crippen molar-refractivity contribution >= 4 is 72.9 Å². The Balaban J connectivity index is 2.07. The number of aromatic nitrogens is 2. The summed E-state index contributed by atoms with van der Waals surface area (Å²) in [5, 5.41) is 9.28. The Hall–Kier alpha value is -2.43. The number of thiophene rings is 1. The minimum atomic E-state index is -1.44. The molecule has 138 valence electrons. The molecule has 4 aromatic heterocycles. The first-order valence-electron chi connectivity index (χ1n) is 9.85. The Labute approximate surface area is 169 Å². The molecule has 0 spiro atoms. The Morgan fingerprint density at radius 2 is 1.79 bits per heavy atom. The van der Waals surface area contributed by atoms with Gasteiger partial charge < -0.3 is 4.40 Å². The summed E-state index contributed by atoms with van der Waals surface area (Å²) in [5.74, 6) is 0. The maximum Gasteiger partial charge on any atom is 0.224 e. The Morgan fingerprint density at radius 1 is 0.964 bits per heavy atom. The van der Waals surface area contributed by atoms with E-state index in [0.717, 1.165) is 0 Å². The van der Waals surface area contributed by atoms with Crippen LogP contribution in [-0.4, -0.2) is 12.5 Å². The monoisotopic (exact) mass is 399 g/mol. The van der Waals surface area contributed by atoms with Crippen LogP contribution < -0.4 is 9.75 Å². The lowest BCUT2D eigenvalue weighted by Crippen LogP contribution is -2.38. The van der Waals surface area contributed by atoms with E-state index in [2.05, 4.69) is 90.6 Å². The van der Waals surface area contributed by atoms with Crippen LogP contribution in [0.2, 0.25) is 19.6 Å². The quantitative estimate of drug-likeness (QED) is 0.144. The summed E-state index contributed by atoms with van der Waals surface area (Å²) in [5.41, 5.74) is 6.79. The maximum atomic E-state index is 2.54. The molecule has 0 saturated heterocycles. The second-order valence-electron chi connectivity index (χ2n) is 9.11. The van der Waals surface area contributed by atoms with Crippen LogP contribution in [0.1, 0.15) is 5.56 Å². The van der Waals surface area contributed by atoms with E-state index in [1.54, 1.807) is 0 Å². The van der Waals surface area contributed by atoms with E-state index in [-0.39, 0.29) is 0 Å². The van der Waals surface area contributed by atoms with Gasteiger partial charge in [-0.25, -0.2) is 4.57 Å². The van der Waals surface area contributed by atoms with E-state index in [1.807, 2.05) is 11.3 Å². The van der Waals surface area contributed by atoms with Gasteiger partial charge >= 0.3 is 0 Å². The van der Waals surface area contributed by atoms with Crippen LogP contribution in [0, 0.1) is 6.92 Å². The smallest absolute Gasteiger partial charge is 0.224 e. The number of hydrogen-bond acceptors (Lipinski definition) is 1. The van der Waals surface area contributed by atoms with E-state index in [0.29, 0.717) is 0 Å². The lowest BCUT2D eigenvalue weighted by atomic mass is 10.0. The average Bonchev–Trinajstić information content (AvgIpc) is 3.22. The summed E-state index contributed by atoms with van der Waals surface area (Å²) in [7, 11) is 0.745. The molecule has 2 nitrogen and oxygen atoms in total. The lowest BCUT2D eigenvalue weighted by molar-refractivity contribution is -0.643. The molecule has 0 unspecified atom stereocenters. The number of nitrogens with zero attached hydrogens (tertiary/aromatic N) is 2. The molecule has 4 heteroatoms. The highest BCUT2D eigenvalue weighted by atomic mass is 32.1. The van der Waals surface area contributed by atoms with E-state index in [1.165, 1.54) is 59.1 Å². The highest BCUT2D eigenvalue weighted by Gasteiger charge is 2.26. The normalized spacial score (nSPS) is 13.2. The fourth-order valence-electron chi connectivity index (χ4n) is 4.85. The van der Waals surface area contributed by atoms with Crippen molar-refractivity contribution in [3.05, 3.63) is 53.5 Å². The van der Waals surface area contributed by atoms with Gasteiger partial charge in [0.15, 0.2) is 6.20 Å². The zero-order valence-electron chi connectivity index (χ0n) is 16.9. The molecule has 28 heavy (non-hydrogen) atoms. The van der Waals surface area contributed by atoms with Gasteiger partial charge in [-0.3, -0.25) is 0 Å². The molecule has 0 aliphatic heterocycles. The number of fused-ring (bicyclic) bond motifs is 5. The highest BCUT2D eigenvalue weighted by Crippen LogP contribution is 2.41. The van der Waals surface area contributed by atoms with Crippen molar-refractivity contribution in [3.63, 3.8) is 0 Å². The summed E-state index contributed by atoms with van der Waals surface area (Å²) in [6.45, 7) is 9.58. The van der Waals surface area contributed by atoms with Gasteiger partial charge in [0, 0.05) is 11.5 Å². The van der Waals surface area contributed by atoms with Crippen LogP contribution in [0.15, 0.2) is 48.0 Å². The molecule has 0 radical (unpaired) electrons. The van der Waals surface area contributed by atoms with Crippen molar-refractivity contribution in [2.75, 3.05) is 0 Å². The molecular weight excluding hydrogens is 376 g/mol. The summed E-state index contributed by atoms with van der Waals surface area (Å²) < 4.78 is 6.26. The molecule has 6 rings (SSSR count). The molecule has 0 aliphatic carbocycles. The van der Waals surface area contributed by atoms with Crippen molar-refractivity contribution in [1.82, 2.24) is 4.40 Å². The SMILES string of the molecule is Cc1ccc2c3sccc3n3c4cc([Si](C)(C)C)cc5cc[n+](C)c(c1c23)c54. The third-order valence-corrected chi connectivity index (χ3v) is 9.26. The van der Waals surface area contributed by atoms with Crippen molar-refractivity contribution in [2.45, 2.75) is 26.6 Å². The van der Waals surface area contributed by atoms with E-state index < -0.39 is 8.07 Å². The first-order valence-corrected chi connectivity index (χ1v) is 14.2. The summed E-state index contributed by atoms with van der Waals surface area (Å²) in [4.78, 5) is 0. The Bertz CT molecular complexity index is 1560. The predicted octanol–water partition coefficient (Wildman–Crippen LogP) is 5.73. The first-order chi connectivity index (χ1) is 13.4. The van der Waals surface area contributed by atoms with Gasteiger partial charge in [0.2, 0.25) is 5.52 Å². The average molecular weight is 400 g/mol. The molecule has 2 aromatic carbocycles. The van der Waals surface area contributed by atoms with Crippen LogP contribution in [-0.2, 0) is 7.05 Å². The number of rotatable bonds is 1. The van der Waals surface area contributed by atoms with Gasteiger partial charge in [-0.1, -0.05) is 43.0 Å². The van der Waals surface area contributed by atoms with Crippen LogP contribution >= 0.6 is 11.3 Å². The van der Waals surface area contributed by atoms with Gasteiger partial charge in [-0.2, -0.15) is 0 Å². The molecule has 0 N–H and O–H groups in total. The van der Waals surface area contributed by atoms with Gasteiger partial charge in [-0.15, -0.1) is 11.3 Å². The third kappa shape index (κ3) is 1.90. The minimum Gasteiger partial charge on any atom is -0.307 e. The maximum absolute atomic E-state index is 2.54. The molecule has 0 aliphatic rings. The number of hydrogen-bond donors (Lipinski definition) is 0. The second kappa shape index (κ2) is 5.13. The molecule has 6 aromatic rings. The van der Waals surface area contributed by atoms with Crippen LogP contribution in [0.5, 0.6) is 0 Å². The highest BCUT2D eigenvalue weighted by molar-refractivity contribution is 7.18. The van der Waals surface area contributed by atoms with Crippen molar-refractivity contribution in [2.24, 2.45) is 7.05 Å². The van der Waals surface area contributed by atoms with Gasteiger partial charge in [-0.05, 0) is 35.4 Å². The molecule has 0 bridgehead atoms. The minimum absolute atomic E-state index is 1.35. The van der Waals surface area contributed by atoms with Crippen LogP contribution in [0.4, 0.5) is 0 Å². The Morgan fingerprint density at radius 3 is 2.57 bits per heavy atom. The van der Waals surface area contributed by atoms with Gasteiger partial charge in [0.25, 0.3) is 0 Å². The van der Waals surface area contributed by atoms with Crippen molar-refractivity contribution in [1.29, 1.82) is 0 Å². The topological polar surface area (TPSA) is 8.29 Å². The first kappa shape index (κ1) is 16.5. The van der Waals surface area contributed by atoms with Gasteiger partial charge in [0.05, 0.1) is 40.1 Å². The standard InChI is InChI=1S/C24H23N2SSi/c1-14-6-7-17-22-20(14)23-21-15(8-10-25(23)2)12-16(28(3,4)5)13-19(21)26(22)18-9-11-27-24(17)18/h6-13H,1-5H3/q+1. The molecule has 4 heterocycles. The molecule has 0 atom stereocenters. The molecule has 0 fully saturated rings.